The standard InChI is InChI=1S/C24H20F3N3O4/c1-13-20(23(32)29-16-7-3-6-15(12-16)24(25,26)27)21(14-5-2-8-17(11-14)30(33)34)22-18(28-13)9-4-10-19(22)31/h2-3,5-8,11-12,21,28H,4,9-10H2,1H3,(H,29,32)/t21-/m0/s1. The quantitative estimate of drug-likeness (QED) is 0.470. The van der Waals surface area contributed by atoms with E-state index in [0.29, 0.717) is 35.4 Å². The summed E-state index contributed by atoms with van der Waals surface area (Å²) in [5.74, 6) is -1.78. The molecule has 0 radical (unpaired) electrons. The smallest absolute Gasteiger partial charge is 0.362 e. The molecule has 4 rings (SSSR count). The highest BCUT2D eigenvalue weighted by molar-refractivity contribution is 6.09. The summed E-state index contributed by atoms with van der Waals surface area (Å²) in [6.45, 7) is 1.63. The van der Waals surface area contributed by atoms with Crippen molar-refractivity contribution in [2.24, 2.45) is 0 Å². The van der Waals surface area contributed by atoms with Gasteiger partial charge in [-0.1, -0.05) is 18.2 Å². The van der Waals surface area contributed by atoms with Crippen LogP contribution in [0.3, 0.4) is 0 Å². The number of nitrogens with one attached hydrogen (secondary N) is 2. The van der Waals surface area contributed by atoms with Crippen LogP contribution in [0.4, 0.5) is 24.5 Å². The third kappa shape index (κ3) is 4.43. The number of hydrogen-bond donors (Lipinski definition) is 2. The number of alkyl halides is 3. The molecule has 2 aromatic rings. The lowest BCUT2D eigenvalue weighted by Crippen LogP contribution is -2.35. The van der Waals surface area contributed by atoms with Gasteiger partial charge in [0.2, 0.25) is 0 Å². The highest BCUT2D eigenvalue weighted by Crippen LogP contribution is 2.43. The highest BCUT2D eigenvalue weighted by Gasteiger charge is 2.39. The number of ketones is 1. The number of halogens is 3. The number of benzene rings is 2. The topological polar surface area (TPSA) is 101 Å². The Bertz CT molecular complexity index is 1260. The van der Waals surface area contributed by atoms with Gasteiger partial charge in [-0.2, -0.15) is 13.2 Å². The maximum atomic E-state index is 13.4. The minimum atomic E-state index is -4.58. The largest absolute Gasteiger partial charge is 0.416 e. The summed E-state index contributed by atoms with van der Waals surface area (Å²) >= 11 is 0. The number of rotatable bonds is 4. The molecule has 2 aromatic carbocycles. The molecule has 1 amide bonds. The maximum Gasteiger partial charge on any atom is 0.416 e. The summed E-state index contributed by atoms with van der Waals surface area (Å²) in [4.78, 5) is 37.1. The highest BCUT2D eigenvalue weighted by atomic mass is 19.4. The summed E-state index contributed by atoms with van der Waals surface area (Å²) in [5, 5.41) is 16.9. The van der Waals surface area contributed by atoms with E-state index in [-0.39, 0.29) is 29.2 Å². The number of nitro groups is 1. The minimum absolute atomic E-state index is 0.0623. The van der Waals surface area contributed by atoms with Gasteiger partial charge in [-0.15, -0.1) is 0 Å². The van der Waals surface area contributed by atoms with E-state index in [1.807, 2.05) is 0 Å². The molecule has 34 heavy (non-hydrogen) atoms. The van der Waals surface area contributed by atoms with E-state index in [4.69, 9.17) is 0 Å². The molecule has 0 unspecified atom stereocenters. The first-order valence-corrected chi connectivity index (χ1v) is 10.5. The van der Waals surface area contributed by atoms with E-state index in [0.717, 1.165) is 12.1 Å². The van der Waals surface area contributed by atoms with Gasteiger partial charge in [0.15, 0.2) is 5.78 Å². The number of amides is 1. The molecule has 176 valence electrons. The van der Waals surface area contributed by atoms with E-state index < -0.39 is 28.5 Å². The summed E-state index contributed by atoms with van der Waals surface area (Å²) in [7, 11) is 0. The number of nitro benzene ring substituents is 1. The van der Waals surface area contributed by atoms with Crippen LogP contribution < -0.4 is 10.6 Å². The Morgan fingerprint density at radius 1 is 1.15 bits per heavy atom. The van der Waals surface area contributed by atoms with Crippen molar-refractivity contribution >= 4 is 23.1 Å². The molecule has 0 spiro atoms. The molecule has 10 heteroatoms. The molecule has 1 aliphatic heterocycles. The van der Waals surface area contributed by atoms with Gasteiger partial charge >= 0.3 is 6.18 Å². The van der Waals surface area contributed by atoms with Crippen molar-refractivity contribution in [3.63, 3.8) is 0 Å². The van der Waals surface area contributed by atoms with Crippen LogP contribution in [0.2, 0.25) is 0 Å². The third-order valence-corrected chi connectivity index (χ3v) is 5.88. The Balaban J connectivity index is 1.78. The van der Waals surface area contributed by atoms with Crippen LogP contribution in [0.5, 0.6) is 0 Å². The van der Waals surface area contributed by atoms with Crippen LogP contribution in [0, 0.1) is 10.1 Å². The first kappa shape index (κ1) is 23.2. The van der Waals surface area contributed by atoms with Crippen LogP contribution in [-0.2, 0) is 15.8 Å². The first-order chi connectivity index (χ1) is 16.1. The second-order valence-electron chi connectivity index (χ2n) is 8.15. The maximum absolute atomic E-state index is 13.4. The number of hydrogen-bond acceptors (Lipinski definition) is 5. The number of nitrogens with zero attached hydrogens (tertiary/aromatic N) is 1. The summed E-state index contributed by atoms with van der Waals surface area (Å²) in [5.41, 5.74) is 0.755. The Hall–Kier alpha value is -3.95. The lowest BCUT2D eigenvalue weighted by Gasteiger charge is -2.34. The second kappa shape index (κ2) is 8.77. The average molecular weight is 471 g/mol. The van der Waals surface area contributed by atoms with Gasteiger partial charge in [0, 0.05) is 52.7 Å². The molecular formula is C24H20F3N3O4. The zero-order valence-corrected chi connectivity index (χ0v) is 18.0. The number of allylic oxidation sites excluding steroid dienone is 3. The van der Waals surface area contributed by atoms with Crippen LogP contribution >= 0.6 is 0 Å². The fourth-order valence-corrected chi connectivity index (χ4v) is 4.41. The molecule has 1 atom stereocenters. The first-order valence-electron chi connectivity index (χ1n) is 10.5. The molecule has 7 nitrogen and oxygen atoms in total. The number of carbonyl (C=O) groups excluding carboxylic acids is 2. The number of anilines is 1. The van der Waals surface area contributed by atoms with Crippen molar-refractivity contribution in [3.8, 4) is 0 Å². The van der Waals surface area contributed by atoms with Crippen molar-refractivity contribution in [1.82, 2.24) is 5.32 Å². The molecule has 0 aromatic heterocycles. The molecule has 2 aliphatic rings. The lowest BCUT2D eigenvalue weighted by molar-refractivity contribution is -0.384. The fraction of sp³-hybridized carbons (Fsp3) is 0.250. The molecule has 1 aliphatic carbocycles. The zero-order chi connectivity index (χ0) is 24.6. The van der Waals surface area contributed by atoms with Crippen molar-refractivity contribution in [3.05, 3.63) is 92.3 Å². The number of carbonyl (C=O) groups is 2. The molecule has 0 bridgehead atoms. The Morgan fingerprint density at radius 3 is 2.59 bits per heavy atom. The van der Waals surface area contributed by atoms with E-state index in [1.165, 1.54) is 30.3 Å². The van der Waals surface area contributed by atoms with E-state index >= 15 is 0 Å². The summed E-state index contributed by atoms with van der Waals surface area (Å²) in [6, 6.07) is 9.92. The van der Waals surface area contributed by atoms with Gasteiger partial charge in [0.1, 0.15) is 0 Å². The van der Waals surface area contributed by atoms with Crippen LogP contribution in [0.25, 0.3) is 0 Å². The van der Waals surface area contributed by atoms with Gasteiger partial charge in [-0.25, -0.2) is 0 Å². The lowest BCUT2D eigenvalue weighted by atomic mass is 9.75. The molecule has 1 heterocycles. The van der Waals surface area contributed by atoms with Crippen LogP contribution in [0.15, 0.2) is 71.1 Å². The van der Waals surface area contributed by atoms with Crippen molar-refractivity contribution in [2.75, 3.05) is 5.32 Å². The number of dihydropyridines is 1. The molecular weight excluding hydrogens is 451 g/mol. The SMILES string of the molecule is CC1=C(C(=O)Nc2cccc(C(F)(F)F)c2)[C@H](c2cccc([N+](=O)[O-])c2)C2=C(CCCC2=O)N1. The van der Waals surface area contributed by atoms with Crippen molar-refractivity contribution in [1.29, 1.82) is 0 Å². The molecule has 0 fully saturated rings. The normalized spacial score (nSPS) is 18.4. The van der Waals surface area contributed by atoms with Gasteiger partial charge in [0.25, 0.3) is 11.6 Å². The third-order valence-electron chi connectivity index (χ3n) is 5.88. The van der Waals surface area contributed by atoms with Gasteiger partial charge in [0.05, 0.1) is 10.5 Å². The Kier molecular flexibility index (Phi) is 5.99. The summed E-state index contributed by atoms with van der Waals surface area (Å²) in [6.07, 6.45) is -3.10. The number of Topliss-reactive ketones (excluding diaryl/α,β-unsaturated/α-hetero) is 1. The van der Waals surface area contributed by atoms with E-state index in [2.05, 4.69) is 10.6 Å². The Morgan fingerprint density at radius 2 is 1.88 bits per heavy atom. The molecule has 2 N–H and O–H groups in total. The average Bonchev–Trinajstić information content (AvgIpc) is 2.78. The van der Waals surface area contributed by atoms with Crippen molar-refractivity contribution < 1.29 is 27.7 Å². The van der Waals surface area contributed by atoms with E-state index in [9.17, 15) is 32.9 Å². The Labute approximate surface area is 192 Å². The number of non-ortho nitro benzene ring substituents is 1. The molecule has 0 saturated carbocycles. The minimum Gasteiger partial charge on any atom is -0.362 e. The second-order valence-corrected chi connectivity index (χ2v) is 8.15. The predicted molar refractivity (Wildman–Crippen MR) is 118 cm³/mol. The van der Waals surface area contributed by atoms with Crippen molar-refractivity contribution in [2.45, 2.75) is 38.3 Å². The fourth-order valence-electron chi connectivity index (χ4n) is 4.41. The van der Waals surface area contributed by atoms with Crippen LogP contribution in [-0.4, -0.2) is 16.6 Å². The van der Waals surface area contributed by atoms with E-state index in [1.54, 1.807) is 13.0 Å². The summed E-state index contributed by atoms with van der Waals surface area (Å²) < 4.78 is 39.3. The van der Waals surface area contributed by atoms with Gasteiger partial charge in [-0.05, 0) is 43.5 Å². The van der Waals surface area contributed by atoms with Gasteiger partial charge < -0.3 is 10.6 Å². The monoisotopic (exact) mass is 471 g/mol. The molecule has 0 saturated heterocycles. The van der Waals surface area contributed by atoms with Gasteiger partial charge in [-0.3, -0.25) is 19.7 Å². The zero-order valence-electron chi connectivity index (χ0n) is 18.0. The predicted octanol–water partition coefficient (Wildman–Crippen LogP) is 5.22. The van der Waals surface area contributed by atoms with Crippen LogP contribution in [0.1, 0.15) is 43.2 Å².